The van der Waals surface area contributed by atoms with Gasteiger partial charge in [-0.15, -0.1) is 11.3 Å². The molecule has 5 heteroatoms. The minimum absolute atomic E-state index is 0.635. The predicted molar refractivity (Wildman–Crippen MR) is 203 cm³/mol. The van der Waals surface area contributed by atoms with Crippen molar-refractivity contribution < 1.29 is 0 Å². The molecule has 3 heterocycles. The molecule has 10 aromatic rings. The molecule has 49 heavy (non-hydrogen) atoms. The van der Waals surface area contributed by atoms with Crippen LogP contribution in [0, 0.1) is 22.7 Å². The largest absolute Gasteiger partial charge is 0.309 e. The molecule has 0 saturated carbocycles. The van der Waals surface area contributed by atoms with E-state index < -0.39 is 0 Å². The molecule has 10 rings (SSSR count). The summed E-state index contributed by atoms with van der Waals surface area (Å²) < 4.78 is 6.47. The summed E-state index contributed by atoms with van der Waals surface area (Å²) >= 11 is 1.54. The first-order valence-electron chi connectivity index (χ1n) is 16.1. The monoisotopic (exact) mass is 640 g/mol. The maximum absolute atomic E-state index is 10.6. The van der Waals surface area contributed by atoms with E-state index in [0.717, 1.165) is 64.5 Å². The summed E-state index contributed by atoms with van der Waals surface area (Å²) in [5, 5.41) is 26.9. The van der Waals surface area contributed by atoms with Gasteiger partial charge in [0.2, 0.25) is 0 Å². The fourth-order valence-corrected chi connectivity index (χ4v) is 8.94. The van der Waals surface area contributed by atoms with Crippen LogP contribution in [0.1, 0.15) is 11.1 Å². The molecular weight excluding hydrogens is 617 g/mol. The van der Waals surface area contributed by atoms with Crippen molar-refractivity contribution in [1.82, 2.24) is 9.13 Å². The van der Waals surface area contributed by atoms with E-state index in [4.69, 9.17) is 0 Å². The fraction of sp³-hybridized carbons (Fsp3) is 0. The van der Waals surface area contributed by atoms with Crippen molar-refractivity contribution in [1.29, 1.82) is 10.5 Å². The van der Waals surface area contributed by atoms with Crippen molar-refractivity contribution in [2.24, 2.45) is 0 Å². The van der Waals surface area contributed by atoms with Crippen LogP contribution in [0.3, 0.4) is 0 Å². The summed E-state index contributed by atoms with van der Waals surface area (Å²) in [4.78, 5) is 0. The number of thiophene rings is 1. The smallest absolute Gasteiger partial charge is 0.101 e. The minimum Gasteiger partial charge on any atom is -0.309 e. The molecule has 3 aromatic heterocycles. The Balaban J connectivity index is 1.21. The van der Waals surface area contributed by atoms with Gasteiger partial charge < -0.3 is 9.13 Å². The Morgan fingerprint density at radius 1 is 0.429 bits per heavy atom. The Morgan fingerprint density at radius 3 is 1.57 bits per heavy atom. The molecule has 226 valence electrons. The molecule has 0 radical (unpaired) electrons. The lowest BCUT2D eigenvalue weighted by atomic mass is 10.0. The van der Waals surface area contributed by atoms with Gasteiger partial charge in [-0.2, -0.15) is 10.5 Å². The van der Waals surface area contributed by atoms with Gasteiger partial charge in [0.25, 0.3) is 0 Å². The van der Waals surface area contributed by atoms with E-state index in [0.29, 0.717) is 11.1 Å². The van der Waals surface area contributed by atoms with Crippen molar-refractivity contribution >= 4 is 75.1 Å². The van der Waals surface area contributed by atoms with Crippen LogP contribution in [0.25, 0.3) is 86.3 Å². The highest BCUT2D eigenvalue weighted by Gasteiger charge is 2.21. The number of nitriles is 2. The van der Waals surface area contributed by atoms with Crippen molar-refractivity contribution in [2.45, 2.75) is 0 Å². The van der Waals surface area contributed by atoms with Crippen LogP contribution in [0.5, 0.6) is 0 Å². The molecule has 0 aliphatic carbocycles. The highest BCUT2D eigenvalue weighted by molar-refractivity contribution is 7.26. The standard InChI is InChI=1S/C44H24N4S/c45-25-29-12-9-18-34-36-24-41-42(37(26-46)44(36)49-43(29)34)35-17-3-6-21-40(35)48(41)31-14-8-11-28(23-31)27-10-7-13-30(22-27)47-38-19-4-1-15-32(38)33-16-2-5-20-39(33)47/h1-24H. The molecule has 0 saturated heterocycles. The first-order chi connectivity index (χ1) is 24.2. The highest BCUT2D eigenvalue weighted by atomic mass is 32.1. The van der Waals surface area contributed by atoms with Crippen LogP contribution in [-0.2, 0) is 0 Å². The Kier molecular flexibility index (Phi) is 5.84. The van der Waals surface area contributed by atoms with Crippen molar-refractivity contribution in [2.75, 3.05) is 0 Å². The summed E-state index contributed by atoms with van der Waals surface area (Å²) in [6, 6.07) is 55.9. The van der Waals surface area contributed by atoms with Gasteiger partial charge in [-0.05, 0) is 65.7 Å². The van der Waals surface area contributed by atoms with Gasteiger partial charge in [-0.3, -0.25) is 0 Å². The molecule has 0 atom stereocenters. The normalized spacial score (nSPS) is 11.6. The summed E-state index contributed by atoms with van der Waals surface area (Å²) in [6.45, 7) is 0. The second kappa shape index (κ2) is 10.4. The van der Waals surface area contributed by atoms with Crippen LogP contribution >= 0.6 is 11.3 Å². The Hall–Kier alpha value is -6.66. The summed E-state index contributed by atoms with van der Waals surface area (Å²) in [7, 11) is 0. The number of hydrogen-bond acceptors (Lipinski definition) is 3. The molecule has 7 aromatic carbocycles. The van der Waals surface area contributed by atoms with Crippen LogP contribution in [0.2, 0.25) is 0 Å². The zero-order chi connectivity index (χ0) is 32.6. The van der Waals surface area contributed by atoms with Gasteiger partial charge >= 0.3 is 0 Å². The molecule has 0 N–H and O–H groups in total. The topological polar surface area (TPSA) is 57.4 Å². The van der Waals surface area contributed by atoms with E-state index in [2.05, 4.69) is 149 Å². The number of rotatable bonds is 3. The number of hydrogen-bond donors (Lipinski definition) is 0. The van der Waals surface area contributed by atoms with E-state index in [-0.39, 0.29) is 0 Å². The third-order valence-corrected chi connectivity index (χ3v) is 11.0. The van der Waals surface area contributed by atoms with Crippen LogP contribution in [0.4, 0.5) is 0 Å². The summed E-state index contributed by atoms with van der Waals surface area (Å²) in [6.07, 6.45) is 0. The highest BCUT2D eigenvalue weighted by Crippen LogP contribution is 2.44. The molecule has 0 aliphatic rings. The van der Waals surface area contributed by atoms with E-state index in [1.807, 2.05) is 18.2 Å². The van der Waals surface area contributed by atoms with Gasteiger partial charge in [0.1, 0.15) is 12.1 Å². The van der Waals surface area contributed by atoms with Crippen LogP contribution < -0.4 is 0 Å². The van der Waals surface area contributed by atoms with Gasteiger partial charge in [0.05, 0.1) is 42.6 Å². The molecular formula is C44H24N4S. The van der Waals surface area contributed by atoms with E-state index >= 15 is 0 Å². The quantitative estimate of drug-likeness (QED) is 0.193. The second-order valence-electron chi connectivity index (χ2n) is 12.4. The van der Waals surface area contributed by atoms with Gasteiger partial charge in [0, 0.05) is 43.7 Å². The maximum atomic E-state index is 10.6. The van der Waals surface area contributed by atoms with E-state index in [1.54, 1.807) is 0 Å². The average molecular weight is 641 g/mol. The predicted octanol–water partition coefficient (Wildman–Crippen LogP) is 11.7. The second-order valence-corrected chi connectivity index (χ2v) is 13.4. The average Bonchev–Trinajstić information content (AvgIpc) is 3.82. The number of benzene rings is 7. The molecule has 4 nitrogen and oxygen atoms in total. The lowest BCUT2D eigenvalue weighted by Gasteiger charge is -2.13. The van der Waals surface area contributed by atoms with Gasteiger partial charge in [-0.1, -0.05) is 91.0 Å². The van der Waals surface area contributed by atoms with Crippen LogP contribution in [-0.4, -0.2) is 9.13 Å². The lowest BCUT2D eigenvalue weighted by molar-refractivity contribution is 1.17. The summed E-state index contributed by atoms with van der Waals surface area (Å²) in [5.41, 5.74) is 10.0. The number of aromatic nitrogens is 2. The fourth-order valence-electron chi connectivity index (χ4n) is 7.70. The number of para-hydroxylation sites is 3. The van der Waals surface area contributed by atoms with Crippen LogP contribution in [0.15, 0.2) is 146 Å². The van der Waals surface area contributed by atoms with Gasteiger partial charge in [-0.25, -0.2) is 0 Å². The third-order valence-electron chi connectivity index (χ3n) is 9.78. The molecule has 0 fully saturated rings. The first-order valence-corrected chi connectivity index (χ1v) is 17.0. The molecule has 0 spiro atoms. The molecule has 0 amide bonds. The zero-order valence-corrected chi connectivity index (χ0v) is 26.9. The maximum Gasteiger partial charge on any atom is 0.101 e. The third kappa shape index (κ3) is 3.88. The zero-order valence-electron chi connectivity index (χ0n) is 26.1. The van der Waals surface area contributed by atoms with Crippen molar-refractivity contribution in [3.8, 4) is 34.6 Å². The minimum atomic E-state index is 0.635. The Bertz CT molecular complexity index is 3030. The van der Waals surface area contributed by atoms with E-state index in [9.17, 15) is 10.5 Å². The summed E-state index contributed by atoms with van der Waals surface area (Å²) in [5.74, 6) is 0. The van der Waals surface area contributed by atoms with Gasteiger partial charge in [0.15, 0.2) is 0 Å². The lowest BCUT2D eigenvalue weighted by Crippen LogP contribution is -1.96. The number of nitrogens with zero attached hydrogens (tertiary/aromatic N) is 4. The van der Waals surface area contributed by atoms with E-state index in [1.165, 1.54) is 33.1 Å². The molecule has 0 aliphatic heterocycles. The molecule has 0 bridgehead atoms. The Morgan fingerprint density at radius 2 is 0.959 bits per heavy atom. The molecule has 0 unspecified atom stereocenters. The van der Waals surface area contributed by atoms with Crippen molar-refractivity contribution in [3.05, 3.63) is 157 Å². The Labute approximate surface area is 285 Å². The SMILES string of the molecule is N#Cc1cccc2c1sc1c(C#N)c3c4ccccc4n(-c4cccc(-c5cccc(-n6c7ccccc7c7ccccc76)c5)c4)c3cc12. The van der Waals surface area contributed by atoms with Crippen molar-refractivity contribution in [3.63, 3.8) is 0 Å². The number of fused-ring (bicyclic) bond motifs is 9. The first kappa shape index (κ1) is 27.5.